The van der Waals surface area contributed by atoms with E-state index >= 15 is 0 Å². The molecule has 0 bridgehead atoms. The summed E-state index contributed by atoms with van der Waals surface area (Å²) in [6.45, 7) is 15.7. The Morgan fingerprint density at radius 2 is 1.57 bits per heavy atom. The van der Waals surface area contributed by atoms with Crippen LogP contribution in [0.1, 0.15) is 92.9 Å². The van der Waals surface area contributed by atoms with Gasteiger partial charge in [-0.25, -0.2) is 0 Å². The Kier molecular flexibility index (Phi) is 9.15. The van der Waals surface area contributed by atoms with E-state index < -0.39 is 0 Å². The molecule has 2 heterocycles. The molecule has 0 aromatic rings. The lowest BCUT2D eigenvalue weighted by Gasteiger charge is -2.44. The molecule has 23 heavy (non-hydrogen) atoms. The zero-order valence-electron chi connectivity index (χ0n) is 16.7. The molecule has 0 aromatic carbocycles. The van der Waals surface area contributed by atoms with Crippen molar-refractivity contribution in [2.45, 2.75) is 98.5 Å². The maximum Gasteiger partial charge on any atom is 0.0688 e. The summed E-state index contributed by atoms with van der Waals surface area (Å²) in [4.78, 5) is 0. The van der Waals surface area contributed by atoms with Crippen LogP contribution in [-0.2, 0) is 9.47 Å². The largest absolute Gasteiger partial charge is 0.381 e. The van der Waals surface area contributed by atoms with E-state index in [-0.39, 0.29) is 0 Å². The Bertz CT molecular complexity index is 285. The molecule has 2 spiro atoms. The van der Waals surface area contributed by atoms with Crippen LogP contribution in [0.4, 0.5) is 0 Å². The highest BCUT2D eigenvalue weighted by Crippen LogP contribution is 2.50. The lowest BCUT2D eigenvalue weighted by molar-refractivity contribution is -0.0911. The Morgan fingerprint density at radius 1 is 0.913 bits per heavy atom. The van der Waals surface area contributed by atoms with Crippen LogP contribution in [0.2, 0.25) is 0 Å². The molecule has 4 fully saturated rings. The van der Waals surface area contributed by atoms with Crippen LogP contribution in [0.25, 0.3) is 0 Å². The van der Waals surface area contributed by atoms with Gasteiger partial charge in [0.15, 0.2) is 0 Å². The normalized spacial score (nSPS) is 39.9. The van der Waals surface area contributed by atoms with Gasteiger partial charge in [0.05, 0.1) is 12.2 Å². The molecule has 2 saturated carbocycles. The van der Waals surface area contributed by atoms with E-state index in [0.717, 1.165) is 31.7 Å². The first-order valence-electron chi connectivity index (χ1n) is 10.4. The summed E-state index contributed by atoms with van der Waals surface area (Å²) in [7, 11) is 0. The maximum atomic E-state index is 5.71. The fourth-order valence-corrected chi connectivity index (χ4v) is 4.75. The molecule has 0 amide bonds. The molecule has 0 N–H and O–H groups in total. The first-order chi connectivity index (χ1) is 11.2. The molecule has 4 rings (SSSR count). The smallest absolute Gasteiger partial charge is 0.0688 e. The highest BCUT2D eigenvalue weighted by atomic mass is 16.5. The topological polar surface area (TPSA) is 18.5 Å². The Morgan fingerprint density at radius 3 is 1.96 bits per heavy atom. The third kappa shape index (κ3) is 5.46. The quantitative estimate of drug-likeness (QED) is 0.568. The van der Waals surface area contributed by atoms with Gasteiger partial charge in [0.1, 0.15) is 0 Å². The first kappa shape index (κ1) is 21.0. The van der Waals surface area contributed by atoms with Gasteiger partial charge >= 0.3 is 0 Å². The number of hydrogen-bond acceptors (Lipinski definition) is 2. The molecule has 2 aliphatic carbocycles. The third-order valence-corrected chi connectivity index (χ3v) is 5.83. The number of hydrogen-bond donors (Lipinski definition) is 0. The fraction of sp³-hybridized carbons (Fsp3) is 1.00. The fourth-order valence-electron chi connectivity index (χ4n) is 4.75. The average Bonchev–Trinajstić information content (AvgIpc) is 3.19. The van der Waals surface area contributed by atoms with Crippen molar-refractivity contribution in [2.75, 3.05) is 19.8 Å². The highest BCUT2D eigenvalue weighted by Gasteiger charge is 2.46. The third-order valence-electron chi connectivity index (χ3n) is 5.83. The van der Waals surface area contributed by atoms with Crippen LogP contribution in [0.3, 0.4) is 0 Å². The summed E-state index contributed by atoms with van der Waals surface area (Å²) in [6, 6.07) is 0. The minimum atomic E-state index is 0.390. The van der Waals surface area contributed by atoms with E-state index in [9.17, 15) is 0 Å². The van der Waals surface area contributed by atoms with Gasteiger partial charge in [-0.15, -0.1) is 0 Å². The van der Waals surface area contributed by atoms with Crippen LogP contribution in [-0.4, -0.2) is 25.4 Å². The summed E-state index contributed by atoms with van der Waals surface area (Å²) in [5.41, 5.74) is 1.06. The van der Waals surface area contributed by atoms with Gasteiger partial charge in [-0.2, -0.15) is 0 Å². The van der Waals surface area contributed by atoms with E-state index in [1.54, 1.807) is 0 Å². The molecule has 138 valence electrons. The van der Waals surface area contributed by atoms with Gasteiger partial charge in [-0.05, 0) is 62.2 Å². The molecule has 2 saturated heterocycles. The van der Waals surface area contributed by atoms with Crippen molar-refractivity contribution in [3.05, 3.63) is 0 Å². The predicted octanol–water partition coefficient (Wildman–Crippen LogP) is 6.23. The van der Waals surface area contributed by atoms with Crippen LogP contribution in [0.15, 0.2) is 0 Å². The van der Waals surface area contributed by atoms with E-state index in [1.165, 1.54) is 51.4 Å². The van der Waals surface area contributed by atoms with Crippen LogP contribution < -0.4 is 0 Å². The van der Waals surface area contributed by atoms with Gasteiger partial charge in [-0.1, -0.05) is 48.0 Å². The van der Waals surface area contributed by atoms with Crippen molar-refractivity contribution in [2.24, 2.45) is 17.3 Å². The van der Waals surface area contributed by atoms with Gasteiger partial charge in [0.25, 0.3) is 0 Å². The number of ether oxygens (including phenoxy) is 2. The van der Waals surface area contributed by atoms with E-state index in [2.05, 4.69) is 13.8 Å². The highest BCUT2D eigenvalue weighted by molar-refractivity contribution is 4.97. The first-order valence-corrected chi connectivity index (χ1v) is 10.4. The molecular weight excluding hydrogens is 284 g/mol. The zero-order valence-corrected chi connectivity index (χ0v) is 16.7. The van der Waals surface area contributed by atoms with Gasteiger partial charge in [0.2, 0.25) is 0 Å². The van der Waals surface area contributed by atoms with Crippen molar-refractivity contribution in [1.82, 2.24) is 0 Å². The van der Waals surface area contributed by atoms with Crippen LogP contribution >= 0.6 is 0 Å². The molecule has 2 nitrogen and oxygen atoms in total. The van der Waals surface area contributed by atoms with Gasteiger partial charge in [-0.3, -0.25) is 0 Å². The SMILES string of the molecule is CC.CC.CC1CC2(CCOC2)C1.CCC1CC2(CCCO2)C1. The second kappa shape index (κ2) is 10.0. The minimum absolute atomic E-state index is 0.390. The van der Waals surface area contributed by atoms with Crippen molar-refractivity contribution < 1.29 is 9.47 Å². The molecule has 0 radical (unpaired) electrons. The second-order valence-electron chi connectivity index (χ2n) is 7.63. The summed E-state index contributed by atoms with van der Waals surface area (Å²) in [5, 5.41) is 0. The van der Waals surface area contributed by atoms with E-state index in [1.807, 2.05) is 27.7 Å². The molecular formula is C21H42O2. The zero-order chi connectivity index (χ0) is 17.3. The number of rotatable bonds is 1. The Balaban J connectivity index is 0.000000190. The monoisotopic (exact) mass is 326 g/mol. The summed E-state index contributed by atoms with van der Waals surface area (Å²) in [6.07, 6.45) is 10.9. The standard InChI is InChI=1S/C9H16O.C8H14O.2C2H6/c1-2-8-6-9(7-8)4-3-5-10-9;1-7-4-8(5-7)2-3-9-6-8;2*1-2/h8H,2-7H2,1H3;7H,2-6H2,1H3;2*1-2H3. The molecule has 2 heteroatoms. The van der Waals surface area contributed by atoms with Crippen molar-refractivity contribution >= 4 is 0 Å². The van der Waals surface area contributed by atoms with Crippen molar-refractivity contribution in [3.63, 3.8) is 0 Å². The predicted molar refractivity (Wildman–Crippen MR) is 99.9 cm³/mol. The van der Waals surface area contributed by atoms with Crippen LogP contribution in [0, 0.1) is 17.3 Å². The lowest BCUT2D eigenvalue weighted by atomic mass is 9.62. The van der Waals surface area contributed by atoms with Crippen LogP contribution in [0.5, 0.6) is 0 Å². The molecule has 4 aliphatic rings. The van der Waals surface area contributed by atoms with Gasteiger partial charge < -0.3 is 9.47 Å². The van der Waals surface area contributed by atoms with Crippen molar-refractivity contribution in [1.29, 1.82) is 0 Å². The van der Waals surface area contributed by atoms with E-state index in [0.29, 0.717) is 11.0 Å². The molecule has 0 aromatic heterocycles. The Labute approximate surface area is 145 Å². The van der Waals surface area contributed by atoms with Gasteiger partial charge in [0, 0.05) is 13.2 Å². The summed E-state index contributed by atoms with van der Waals surface area (Å²) < 4.78 is 11.1. The molecule has 0 unspecified atom stereocenters. The van der Waals surface area contributed by atoms with E-state index in [4.69, 9.17) is 9.47 Å². The average molecular weight is 327 g/mol. The maximum absolute atomic E-state index is 5.71. The minimum Gasteiger partial charge on any atom is -0.381 e. The molecule has 0 atom stereocenters. The Hall–Kier alpha value is -0.0800. The summed E-state index contributed by atoms with van der Waals surface area (Å²) in [5.74, 6) is 1.96. The second-order valence-corrected chi connectivity index (χ2v) is 7.63. The van der Waals surface area contributed by atoms with Crippen molar-refractivity contribution in [3.8, 4) is 0 Å². The lowest BCUT2D eigenvalue weighted by Crippen LogP contribution is -2.42. The summed E-state index contributed by atoms with van der Waals surface area (Å²) >= 11 is 0. The molecule has 2 aliphatic heterocycles.